The van der Waals surface area contributed by atoms with Gasteiger partial charge in [0.25, 0.3) is 5.91 Å². The summed E-state index contributed by atoms with van der Waals surface area (Å²) in [7, 11) is 0. The molecule has 0 aliphatic rings. The van der Waals surface area contributed by atoms with E-state index >= 15 is 0 Å². The smallest absolute Gasteiger partial charge is 0.347 e. The fraction of sp³-hybridized carbons (Fsp3) is 0.533. The van der Waals surface area contributed by atoms with Gasteiger partial charge in [0, 0.05) is 11.1 Å². The molecule has 0 saturated heterocycles. The van der Waals surface area contributed by atoms with Crippen molar-refractivity contribution < 1.29 is 18.0 Å². The molecule has 5 heteroatoms. The van der Waals surface area contributed by atoms with Crippen molar-refractivity contribution in [2.24, 2.45) is 5.92 Å². The summed E-state index contributed by atoms with van der Waals surface area (Å²) in [6.45, 7) is 4.63. The molecule has 0 fully saturated rings. The highest BCUT2D eigenvalue weighted by molar-refractivity contribution is 5.94. The number of nitrogens with one attached hydrogen (secondary N) is 1. The van der Waals surface area contributed by atoms with Gasteiger partial charge < -0.3 is 5.32 Å². The number of hydrogen-bond acceptors (Lipinski definition) is 1. The number of carbonyl (C=O) groups is 1. The second-order valence-corrected chi connectivity index (χ2v) is 5.69. The van der Waals surface area contributed by atoms with E-state index in [0.717, 1.165) is 6.92 Å². The lowest BCUT2D eigenvalue weighted by Crippen LogP contribution is -2.44. The lowest BCUT2D eigenvalue weighted by atomic mass is 9.92. The van der Waals surface area contributed by atoms with Crippen LogP contribution < -0.4 is 5.32 Å². The van der Waals surface area contributed by atoms with Crippen LogP contribution in [0.25, 0.3) is 0 Å². The number of hydrogen-bond donors (Lipinski definition) is 1. The summed E-state index contributed by atoms with van der Waals surface area (Å²) in [5.74, 6) is -1.63. The number of carbonyl (C=O) groups excluding carboxylic acids is 1. The van der Waals surface area contributed by atoms with Crippen LogP contribution in [-0.4, -0.2) is 17.6 Å². The Balaban J connectivity index is 2.55. The normalized spacial score (nSPS) is 13.9. The molecule has 1 rings (SSSR count). The quantitative estimate of drug-likeness (QED) is 0.865. The van der Waals surface area contributed by atoms with Gasteiger partial charge in [-0.1, -0.05) is 25.1 Å². The molecule has 1 amide bonds. The van der Waals surface area contributed by atoms with Crippen LogP contribution >= 0.6 is 0 Å². The van der Waals surface area contributed by atoms with Crippen LogP contribution in [0.2, 0.25) is 0 Å². The van der Waals surface area contributed by atoms with Gasteiger partial charge in [0.15, 0.2) is 0 Å². The molecule has 1 atom stereocenters. The van der Waals surface area contributed by atoms with Crippen LogP contribution in [0.4, 0.5) is 13.2 Å². The Labute approximate surface area is 117 Å². The molecule has 1 aromatic carbocycles. The number of benzene rings is 1. The highest BCUT2D eigenvalue weighted by Gasteiger charge is 2.36. The van der Waals surface area contributed by atoms with Crippen molar-refractivity contribution in [3.05, 3.63) is 35.9 Å². The zero-order chi connectivity index (χ0) is 15.4. The fourth-order valence-corrected chi connectivity index (χ4v) is 1.77. The minimum absolute atomic E-state index is 0.00836. The Morgan fingerprint density at radius 2 is 1.75 bits per heavy atom. The number of rotatable bonds is 5. The minimum atomic E-state index is -4.18. The summed E-state index contributed by atoms with van der Waals surface area (Å²) in [6.07, 6.45) is -3.92. The predicted octanol–water partition coefficient (Wildman–Crippen LogP) is 4.17. The maximum Gasteiger partial charge on any atom is 0.391 e. The Hall–Kier alpha value is -1.52. The van der Waals surface area contributed by atoms with E-state index in [1.807, 2.05) is 0 Å². The second kappa shape index (κ2) is 6.29. The summed E-state index contributed by atoms with van der Waals surface area (Å²) in [6, 6.07) is 8.63. The average molecular weight is 287 g/mol. The maximum atomic E-state index is 12.5. The van der Waals surface area contributed by atoms with E-state index in [9.17, 15) is 18.0 Å². The SMILES string of the molecule is CC(CCC(C)(C)NC(=O)c1ccccc1)C(F)(F)F. The standard InChI is InChI=1S/C15H20F3NO/c1-11(15(16,17)18)9-10-14(2,3)19-13(20)12-7-5-4-6-8-12/h4-8,11H,9-10H2,1-3H3,(H,19,20). The zero-order valence-corrected chi connectivity index (χ0v) is 11.9. The molecule has 1 N–H and O–H groups in total. The lowest BCUT2D eigenvalue weighted by molar-refractivity contribution is -0.172. The molecular formula is C15H20F3NO. The summed E-state index contributed by atoms with van der Waals surface area (Å²) in [5.41, 5.74) is -0.170. The van der Waals surface area contributed by atoms with Gasteiger partial charge in [-0.2, -0.15) is 13.2 Å². The molecule has 0 radical (unpaired) electrons. The van der Waals surface area contributed by atoms with Gasteiger partial charge >= 0.3 is 6.18 Å². The molecule has 1 aromatic rings. The third-order valence-corrected chi connectivity index (χ3v) is 3.25. The monoisotopic (exact) mass is 287 g/mol. The van der Waals surface area contributed by atoms with Crippen molar-refractivity contribution in [1.82, 2.24) is 5.32 Å². The van der Waals surface area contributed by atoms with Crippen LogP contribution in [-0.2, 0) is 0 Å². The lowest BCUT2D eigenvalue weighted by Gasteiger charge is -2.28. The number of amides is 1. The fourth-order valence-electron chi connectivity index (χ4n) is 1.77. The maximum absolute atomic E-state index is 12.5. The summed E-state index contributed by atoms with van der Waals surface area (Å²) >= 11 is 0. The largest absolute Gasteiger partial charge is 0.391 e. The van der Waals surface area contributed by atoms with Crippen LogP contribution in [0, 0.1) is 5.92 Å². The second-order valence-electron chi connectivity index (χ2n) is 5.69. The van der Waals surface area contributed by atoms with Gasteiger partial charge in [-0.3, -0.25) is 4.79 Å². The average Bonchev–Trinajstić information content (AvgIpc) is 2.35. The van der Waals surface area contributed by atoms with Crippen molar-refractivity contribution in [2.45, 2.75) is 45.3 Å². The zero-order valence-electron chi connectivity index (χ0n) is 11.9. The van der Waals surface area contributed by atoms with E-state index in [1.54, 1.807) is 44.2 Å². The Morgan fingerprint density at radius 3 is 2.25 bits per heavy atom. The molecule has 0 spiro atoms. The first-order chi connectivity index (χ1) is 9.12. The molecule has 112 valence electrons. The van der Waals surface area contributed by atoms with E-state index in [-0.39, 0.29) is 18.7 Å². The summed E-state index contributed by atoms with van der Waals surface area (Å²) in [4.78, 5) is 12.0. The molecule has 0 aromatic heterocycles. The van der Waals surface area contributed by atoms with E-state index < -0.39 is 17.6 Å². The Morgan fingerprint density at radius 1 is 1.20 bits per heavy atom. The molecule has 0 aliphatic heterocycles. The third kappa shape index (κ3) is 5.23. The van der Waals surface area contributed by atoms with Crippen molar-refractivity contribution in [3.8, 4) is 0 Å². The predicted molar refractivity (Wildman–Crippen MR) is 72.4 cm³/mol. The summed E-state index contributed by atoms with van der Waals surface area (Å²) in [5, 5.41) is 2.77. The Bertz CT molecular complexity index is 440. The molecular weight excluding hydrogens is 267 g/mol. The molecule has 0 saturated carbocycles. The van der Waals surface area contributed by atoms with Crippen LogP contribution in [0.5, 0.6) is 0 Å². The van der Waals surface area contributed by atoms with Crippen LogP contribution in [0.15, 0.2) is 30.3 Å². The van der Waals surface area contributed by atoms with Crippen molar-refractivity contribution in [2.75, 3.05) is 0 Å². The number of halogens is 3. The first-order valence-corrected chi connectivity index (χ1v) is 6.56. The molecule has 2 nitrogen and oxygen atoms in total. The van der Waals surface area contributed by atoms with Gasteiger partial charge in [-0.05, 0) is 38.8 Å². The van der Waals surface area contributed by atoms with E-state index in [0.29, 0.717) is 5.56 Å². The topological polar surface area (TPSA) is 29.1 Å². The highest BCUT2D eigenvalue weighted by Crippen LogP contribution is 2.31. The molecule has 0 heterocycles. The van der Waals surface area contributed by atoms with E-state index in [1.165, 1.54) is 0 Å². The van der Waals surface area contributed by atoms with Gasteiger partial charge in [-0.25, -0.2) is 0 Å². The first kappa shape index (κ1) is 16.5. The molecule has 20 heavy (non-hydrogen) atoms. The summed E-state index contributed by atoms with van der Waals surface area (Å²) < 4.78 is 37.4. The third-order valence-electron chi connectivity index (χ3n) is 3.25. The Kier molecular flexibility index (Phi) is 5.20. The molecule has 0 bridgehead atoms. The van der Waals surface area contributed by atoms with Gasteiger partial charge in [0.1, 0.15) is 0 Å². The van der Waals surface area contributed by atoms with Crippen molar-refractivity contribution in [1.29, 1.82) is 0 Å². The molecule has 0 aliphatic carbocycles. The van der Waals surface area contributed by atoms with Crippen molar-refractivity contribution >= 4 is 5.91 Å². The van der Waals surface area contributed by atoms with Gasteiger partial charge in [-0.15, -0.1) is 0 Å². The first-order valence-electron chi connectivity index (χ1n) is 6.56. The van der Waals surface area contributed by atoms with Crippen LogP contribution in [0.1, 0.15) is 44.0 Å². The molecule has 1 unspecified atom stereocenters. The van der Waals surface area contributed by atoms with Crippen molar-refractivity contribution in [3.63, 3.8) is 0 Å². The van der Waals surface area contributed by atoms with Crippen LogP contribution in [0.3, 0.4) is 0 Å². The number of alkyl halides is 3. The van der Waals surface area contributed by atoms with Gasteiger partial charge in [0.05, 0.1) is 5.92 Å². The van der Waals surface area contributed by atoms with E-state index in [2.05, 4.69) is 5.32 Å². The minimum Gasteiger partial charge on any atom is -0.347 e. The van der Waals surface area contributed by atoms with E-state index in [4.69, 9.17) is 0 Å². The van der Waals surface area contributed by atoms with Gasteiger partial charge in [0.2, 0.25) is 0 Å². The highest BCUT2D eigenvalue weighted by atomic mass is 19.4.